The lowest BCUT2D eigenvalue weighted by molar-refractivity contribution is 0.344. The molecule has 1 saturated carbocycles. The molecule has 0 amide bonds. The number of para-hydroxylation sites is 1. The first kappa shape index (κ1) is 18.8. The van der Waals surface area contributed by atoms with Crippen molar-refractivity contribution in [3.05, 3.63) is 29.8 Å². The number of nitrogens with zero attached hydrogens (tertiary/aromatic N) is 2. The van der Waals surface area contributed by atoms with Crippen LogP contribution >= 0.6 is 0 Å². The number of amidine groups is 1. The number of rotatable bonds is 8. The predicted octanol–water partition coefficient (Wildman–Crippen LogP) is 3.94. The van der Waals surface area contributed by atoms with Crippen molar-refractivity contribution in [3.63, 3.8) is 0 Å². The molecule has 0 unspecified atom stereocenters. The predicted molar refractivity (Wildman–Crippen MR) is 105 cm³/mol. The van der Waals surface area contributed by atoms with E-state index in [0.29, 0.717) is 6.67 Å². The van der Waals surface area contributed by atoms with Gasteiger partial charge >= 0.3 is 0 Å². The normalized spacial score (nSPS) is 16.2. The van der Waals surface area contributed by atoms with Gasteiger partial charge in [-0.3, -0.25) is 10.3 Å². The summed E-state index contributed by atoms with van der Waals surface area (Å²) in [6.07, 6.45) is 6.97. The number of benzene rings is 1. The quantitative estimate of drug-likeness (QED) is 0.431. The molecule has 4 heteroatoms. The molecule has 1 aromatic carbocycles. The van der Waals surface area contributed by atoms with Crippen LogP contribution in [0, 0.1) is 5.92 Å². The van der Waals surface area contributed by atoms with Crippen LogP contribution < -0.4 is 10.6 Å². The highest BCUT2D eigenvalue weighted by Crippen LogP contribution is 2.22. The van der Waals surface area contributed by atoms with E-state index in [4.69, 9.17) is 4.99 Å². The van der Waals surface area contributed by atoms with E-state index >= 15 is 0 Å². The third kappa shape index (κ3) is 5.23. The summed E-state index contributed by atoms with van der Waals surface area (Å²) >= 11 is 0. The van der Waals surface area contributed by atoms with Crippen LogP contribution in [-0.2, 0) is 0 Å². The van der Waals surface area contributed by atoms with Gasteiger partial charge in [0, 0.05) is 31.4 Å². The summed E-state index contributed by atoms with van der Waals surface area (Å²) in [5.41, 5.74) is 2.32. The molecule has 1 aliphatic rings. The van der Waals surface area contributed by atoms with E-state index in [9.17, 15) is 0 Å². The van der Waals surface area contributed by atoms with Crippen molar-refractivity contribution in [3.8, 4) is 0 Å². The lowest BCUT2D eigenvalue weighted by atomic mass is 9.89. The Bertz CT molecular complexity index is 502. The Labute approximate surface area is 147 Å². The highest BCUT2D eigenvalue weighted by atomic mass is 15.2. The average molecular weight is 331 g/mol. The molecule has 0 atom stereocenters. The zero-order valence-electron chi connectivity index (χ0n) is 15.6. The first-order valence-electron chi connectivity index (χ1n) is 9.57. The minimum Gasteiger partial charge on any atom is -0.388 e. The molecule has 0 aliphatic heterocycles. The van der Waals surface area contributed by atoms with Crippen LogP contribution in [0.3, 0.4) is 0 Å². The Morgan fingerprint density at radius 3 is 2.50 bits per heavy atom. The van der Waals surface area contributed by atoms with E-state index in [1.165, 1.54) is 37.7 Å². The minimum absolute atomic E-state index is 0.695. The van der Waals surface area contributed by atoms with Crippen molar-refractivity contribution < 1.29 is 0 Å². The highest BCUT2D eigenvalue weighted by Gasteiger charge is 2.15. The minimum atomic E-state index is 0.695. The third-order valence-corrected chi connectivity index (χ3v) is 5.00. The van der Waals surface area contributed by atoms with Crippen LogP contribution in [0.5, 0.6) is 0 Å². The molecule has 134 valence electrons. The number of nitrogens with one attached hydrogen (secondary N) is 2. The molecule has 0 saturated heterocycles. The molecule has 0 radical (unpaired) electrons. The van der Waals surface area contributed by atoms with Crippen molar-refractivity contribution in [2.75, 3.05) is 38.7 Å². The van der Waals surface area contributed by atoms with E-state index in [1.807, 2.05) is 7.05 Å². The number of anilines is 1. The van der Waals surface area contributed by atoms with E-state index in [2.05, 4.69) is 53.6 Å². The number of hydrogen-bond acceptors (Lipinski definition) is 3. The summed E-state index contributed by atoms with van der Waals surface area (Å²) in [7, 11) is 1.97. The Hall–Kier alpha value is -1.55. The Kier molecular flexibility index (Phi) is 8.10. The molecule has 1 fully saturated rings. The fourth-order valence-corrected chi connectivity index (χ4v) is 3.57. The molecular weight excluding hydrogens is 296 g/mol. The molecule has 0 heterocycles. The number of hydrogen-bond donors (Lipinski definition) is 2. The van der Waals surface area contributed by atoms with Crippen molar-refractivity contribution in [2.45, 2.75) is 46.0 Å². The van der Waals surface area contributed by atoms with Crippen molar-refractivity contribution in [1.82, 2.24) is 10.2 Å². The second-order valence-electron chi connectivity index (χ2n) is 6.57. The van der Waals surface area contributed by atoms with Crippen molar-refractivity contribution in [1.29, 1.82) is 0 Å². The molecular formula is C20H34N4. The zero-order chi connectivity index (χ0) is 17.2. The summed E-state index contributed by atoms with van der Waals surface area (Å²) in [5.74, 6) is 1.93. The highest BCUT2D eigenvalue weighted by molar-refractivity contribution is 6.03. The van der Waals surface area contributed by atoms with Gasteiger partial charge in [0.15, 0.2) is 0 Å². The molecule has 1 aliphatic carbocycles. The van der Waals surface area contributed by atoms with Gasteiger partial charge in [0.2, 0.25) is 0 Å². The third-order valence-electron chi connectivity index (χ3n) is 5.00. The van der Waals surface area contributed by atoms with Crippen LogP contribution in [0.4, 0.5) is 5.69 Å². The molecule has 1 aromatic rings. The van der Waals surface area contributed by atoms with Gasteiger partial charge in [-0.25, -0.2) is 0 Å². The van der Waals surface area contributed by atoms with Gasteiger partial charge in [0.1, 0.15) is 5.84 Å². The molecule has 0 bridgehead atoms. The summed E-state index contributed by atoms with van der Waals surface area (Å²) in [4.78, 5) is 7.25. The van der Waals surface area contributed by atoms with Gasteiger partial charge < -0.3 is 10.2 Å². The van der Waals surface area contributed by atoms with Gasteiger partial charge in [0.25, 0.3) is 0 Å². The fourth-order valence-electron chi connectivity index (χ4n) is 3.57. The van der Waals surface area contributed by atoms with E-state index in [0.717, 1.165) is 37.1 Å². The zero-order valence-corrected chi connectivity index (χ0v) is 15.6. The monoisotopic (exact) mass is 330 g/mol. The van der Waals surface area contributed by atoms with Crippen LogP contribution in [0.25, 0.3) is 0 Å². The summed E-state index contributed by atoms with van der Waals surface area (Å²) < 4.78 is 0. The van der Waals surface area contributed by atoms with Crippen LogP contribution in [0.2, 0.25) is 0 Å². The van der Waals surface area contributed by atoms with Gasteiger partial charge in [-0.2, -0.15) is 0 Å². The largest absolute Gasteiger partial charge is 0.388 e. The van der Waals surface area contributed by atoms with Gasteiger partial charge in [-0.1, -0.05) is 31.4 Å². The first-order valence-corrected chi connectivity index (χ1v) is 9.57. The Morgan fingerprint density at radius 2 is 1.83 bits per heavy atom. The SMILES string of the molecule is CCN(CC)/C(=N/CNCC1CCCCC1)c1ccccc1NC. The summed E-state index contributed by atoms with van der Waals surface area (Å²) in [6, 6.07) is 8.43. The maximum absolute atomic E-state index is 4.92. The lowest BCUT2D eigenvalue weighted by Gasteiger charge is -2.25. The van der Waals surface area contributed by atoms with Crippen LogP contribution in [0.1, 0.15) is 51.5 Å². The molecule has 0 aromatic heterocycles. The van der Waals surface area contributed by atoms with Crippen LogP contribution in [-0.4, -0.2) is 44.1 Å². The molecule has 2 rings (SSSR count). The molecule has 4 nitrogen and oxygen atoms in total. The topological polar surface area (TPSA) is 39.7 Å². The average Bonchev–Trinajstić information content (AvgIpc) is 2.65. The standard InChI is InChI=1S/C20H34N4/c1-4-24(5-2)20(18-13-9-10-14-19(18)21-3)23-16-22-15-17-11-7-6-8-12-17/h9-10,13-14,17,21-22H,4-8,11-12,15-16H2,1-3H3/b23-20+. The number of aliphatic imine (C=N–C) groups is 1. The second-order valence-corrected chi connectivity index (χ2v) is 6.57. The Morgan fingerprint density at radius 1 is 1.12 bits per heavy atom. The van der Waals surface area contributed by atoms with E-state index < -0.39 is 0 Å². The van der Waals surface area contributed by atoms with E-state index in [1.54, 1.807) is 0 Å². The fraction of sp³-hybridized carbons (Fsp3) is 0.650. The van der Waals surface area contributed by atoms with E-state index in [-0.39, 0.29) is 0 Å². The van der Waals surface area contributed by atoms with Gasteiger partial charge in [0.05, 0.1) is 6.67 Å². The Balaban J connectivity index is 2.04. The maximum atomic E-state index is 4.92. The van der Waals surface area contributed by atoms with Crippen LogP contribution in [0.15, 0.2) is 29.3 Å². The first-order chi connectivity index (χ1) is 11.8. The molecule has 24 heavy (non-hydrogen) atoms. The lowest BCUT2D eigenvalue weighted by Crippen LogP contribution is -2.33. The van der Waals surface area contributed by atoms with Gasteiger partial charge in [-0.05, 0) is 51.3 Å². The molecule has 0 spiro atoms. The van der Waals surface area contributed by atoms with Crippen molar-refractivity contribution >= 4 is 11.5 Å². The second kappa shape index (κ2) is 10.3. The smallest absolute Gasteiger partial charge is 0.134 e. The molecule has 2 N–H and O–H groups in total. The summed E-state index contributed by atoms with van der Waals surface area (Å²) in [5, 5.41) is 6.85. The summed E-state index contributed by atoms with van der Waals surface area (Å²) in [6.45, 7) is 8.11. The van der Waals surface area contributed by atoms with Gasteiger partial charge in [-0.15, -0.1) is 0 Å². The van der Waals surface area contributed by atoms with Crippen molar-refractivity contribution in [2.24, 2.45) is 10.9 Å². The maximum Gasteiger partial charge on any atom is 0.134 e.